The molecule has 26 heavy (non-hydrogen) atoms. The van der Waals surface area contributed by atoms with Gasteiger partial charge < -0.3 is 19.5 Å². The second kappa shape index (κ2) is 9.60. The van der Waals surface area contributed by atoms with E-state index >= 15 is 0 Å². The van der Waals surface area contributed by atoms with Crippen LogP contribution in [0.25, 0.3) is 0 Å². The third-order valence-corrected chi connectivity index (χ3v) is 3.57. The number of methoxy groups -OCH3 is 1. The van der Waals surface area contributed by atoms with Gasteiger partial charge in [-0.2, -0.15) is 8.78 Å². The first kappa shape index (κ1) is 19.5. The summed E-state index contributed by atoms with van der Waals surface area (Å²) >= 11 is 0. The maximum atomic E-state index is 12.3. The van der Waals surface area contributed by atoms with Gasteiger partial charge in [0, 0.05) is 6.54 Å². The molecule has 0 aromatic heterocycles. The molecule has 0 bridgehead atoms. The van der Waals surface area contributed by atoms with E-state index in [1.165, 1.54) is 13.2 Å². The molecule has 0 radical (unpaired) electrons. The SMILES string of the molecule is CCOc1ccccc1C(=O)NCCc1ccc(OC(F)F)c(OC)c1. The van der Waals surface area contributed by atoms with Crippen LogP contribution in [0.1, 0.15) is 22.8 Å². The van der Waals surface area contributed by atoms with Crippen molar-refractivity contribution in [1.29, 1.82) is 0 Å². The summed E-state index contributed by atoms with van der Waals surface area (Å²) in [6.07, 6.45) is 0.508. The molecule has 0 aliphatic rings. The minimum atomic E-state index is -2.92. The molecule has 2 aromatic rings. The van der Waals surface area contributed by atoms with Crippen molar-refractivity contribution in [3.8, 4) is 17.2 Å². The number of rotatable bonds is 9. The van der Waals surface area contributed by atoms with Gasteiger partial charge >= 0.3 is 6.61 Å². The lowest BCUT2D eigenvalue weighted by atomic mass is 10.1. The second-order valence-corrected chi connectivity index (χ2v) is 5.30. The zero-order valence-corrected chi connectivity index (χ0v) is 14.6. The monoisotopic (exact) mass is 365 g/mol. The van der Waals surface area contributed by atoms with Gasteiger partial charge in [0.05, 0.1) is 19.3 Å². The number of carbonyl (C=O) groups is 1. The Balaban J connectivity index is 1.96. The molecular weight excluding hydrogens is 344 g/mol. The van der Waals surface area contributed by atoms with Crippen molar-refractivity contribution in [2.75, 3.05) is 20.3 Å². The Morgan fingerprint density at radius 3 is 2.58 bits per heavy atom. The van der Waals surface area contributed by atoms with Crippen molar-refractivity contribution in [2.45, 2.75) is 20.0 Å². The van der Waals surface area contributed by atoms with E-state index in [4.69, 9.17) is 9.47 Å². The quantitative estimate of drug-likeness (QED) is 0.737. The minimum absolute atomic E-state index is 0.0269. The van der Waals surface area contributed by atoms with Crippen molar-refractivity contribution >= 4 is 5.91 Å². The molecule has 1 amide bonds. The fourth-order valence-corrected chi connectivity index (χ4v) is 2.41. The minimum Gasteiger partial charge on any atom is -0.493 e. The van der Waals surface area contributed by atoms with E-state index in [1.54, 1.807) is 36.4 Å². The highest BCUT2D eigenvalue weighted by Crippen LogP contribution is 2.29. The molecule has 0 spiro atoms. The van der Waals surface area contributed by atoms with E-state index in [1.807, 2.05) is 6.92 Å². The van der Waals surface area contributed by atoms with Crippen LogP contribution in [0.4, 0.5) is 8.78 Å². The number of alkyl halides is 2. The maximum absolute atomic E-state index is 12.3. The molecular formula is C19H21F2NO4. The Morgan fingerprint density at radius 1 is 1.12 bits per heavy atom. The molecule has 140 valence electrons. The van der Waals surface area contributed by atoms with Crippen molar-refractivity contribution < 1.29 is 27.8 Å². The van der Waals surface area contributed by atoms with Crippen molar-refractivity contribution in [1.82, 2.24) is 5.32 Å². The van der Waals surface area contributed by atoms with Crippen molar-refractivity contribution in [3.05, 3.63) is 53.6 Å². The average Bonchev–Trinajstić information content (AvgIpc) is 2.63. The Kier molecular flexibility index (Phi) is 7.20. The number of para-hydroxylation sites is 1. The predicted octanol–water partition coefficient (Wildman–Crippen LogP) is 3.67. The molecule has 1 N–H and O–H groups in total. The highest BCUT2D eigenvalue weighted by Gasteiger charge is 2.13. The van der Waals surface area contributed by atoms with Crippen LogP contribution in [0, 0.1) is 0 Å². The van der Waals surface area contributed by atoms with Gasteiger partial charge in [0.15, 0.2) is 11.5 Å². The number of hydrogen-bond donors (Lipinski definition) is 1. The van der Waals surface area contributed by atoms with Crippen LogP contribution in [0.5, 0.6) is 17.2 Å². The molecule has 2 rings (SSSR count). The summed E-state index contributed by atoms with van der Waals surface area (Å²) in [5.41, 5.74) is 1.29. The van der Waals surface area contributed by atoms with E-state index in [2.05, 4.69) is 10.1 Å². The van der Waals surface area contributed by atoms with Gasteiger partial charge in [0.2, 0.25) is 0 Å². The summed E-state index contributed by atoms with van der Waals surface area (Å²) in [5.74, 6) is 0.484. The van der Waals surface area contributed by atoms with Gasteiger partial charge in [0.1, 0.15) is 5.75 Å². The molecule has 0 aliphatic carbocycles. The van der Waals surface area contributed by atoms with Gasteiger partial charge in [-0.15, -0.1) is 0 Å². The Morgan fingerprint density at radius 2 is 1.88 bits per heavy atom. The van der Waals surface area contributed by atoms with E-state index < -0.39 is 6.61 Å². The number of halogens is 2. The number of carbonyl (C=O) groups excluding carboxylic acids is 1. The molecule has 2 aromatic carbocycles. The van der Waals surface area contributed by atoms with Gasteiger partial charge in [-0.3, -0.25) is 4.79 Å². The molecule has 7 heteroatoms. The van der Waals surface area contributed by atoms with E-state index in [-0.39, 0.29) is 17.4 Å². The Hall–Kier alpha value is -2.83. The normalized spacial score (nSPS) is 10.5. The second-order valence-electron chi connectivity index (χ2n) is 5.30. The van der Waals surface area contributed by atoms with Crippen LogP contribution in [0.2, 0.25) is 0 Å². The van der Waals surface area contributed by atoms with Crippen LogP contribution in [0.15, 0.2) is 42.5 Å². The predicted molar refractivity (Wildman–Crippen MR) is 93.3 cm³/mol. The van der Waals surface area contributed by atoms with Gasteiger partial charge in [-0.1, -0.05) is 18.2 Å². The fourth-order valence-electron chi connectivity index (χ4n) is 2.41. The third-order valence-electron chi connectivity index (χ3n) is 3.57. The van der Waals surface area contributed by atoms with Crippen LogP contribution < -0.4 is 19.5 Å². The maximum Gasteiger partial charge on any atom is 0.387 e. The van der Waals surface area contributed by atoms with Gasteiger partial charge in [0.25, 0.3) is 5.91 Å². The summed E-state index contributed by atoms with van der Waals surface area (Å²) in [4.78, 5) is 12.3. The average molecular weight is 365 g/mol. The molecule has 0 saturated carbocycles. The lowest BCUT2D eigenvalue weighted by molar-refractivity contribution is -0.0512. The zero-order chi connectivity index (χ0) is 18.9. The number of amides is 1. The fraction of sp³-hybridized carbons (Fsp3) is 0.316. The number of benzene rings is 2. The van der Waals surface area contributed by atoms with Crippen LogP contribution in [0.3, 0.4) is 0 Å². The molecule has 0 fully saturated rings. The third kappa shape index (κ3) is 5.34. The highest BCUT2D eigenvalue weighted by atomic mass is 19.3. The Labute approximate surface area is 150 Å². The summed E-state index contributed by atoms with van der Waals surface area (Å²) in [6.45, 7) is -0.225. The van der Waals surface area contributed by atoms with Crippen LogP contribution >= 0.6 is 0 Å². The smallest absolute Gasteiger partial charge is 0.387 e. The number of nitrogens with one attached hydrogen (secondary N) is 1. The number of ether oxygens (including phenoxy) is 3. The van der Waals surface area contributed by atoms with Crippen LogP contribution in [-0.4, -0.2) is 32.8 Å². The lowest BCUT2D eigenvalue weighted by Gasteiger charge is -2.12. The first-order valence-corrected chi connectivity index (χ1v) is 8.17. The largest absolute Gasteiger partial charge is 0.493 e. The van der Waals surface area contributed by atoms with Crippen molar-refractivity contribution in [3.63, 3.8) is 0 Å². The first-order valence-electron chi connectivity index (χ1n) is 8.17. The lowest BCUT2D eigenvalue weighted by Crippen LogP contribution is -2.26. The molecule has 0 unspecified atom stereocenters. The summed E-state index contributed by atoms with van der Waals surface area (Å²) in [6, 6.07) is 11.7. The Bertz CT molecular complexity index is 737. The van der Waals surface area contributed by atoms with Gasteiger partial charge in [-0.25, -0.2) is 0 Å². The van der Waals surface area contributed by atoms with Gasteiger partial charge in [-0.05, 0) is 43.2 Å². The first-order chi connectivity index (χ1) is 12.5. The molecule has 0 saturated heterocycles. The summed E-state index contributed by atoms with van der Waals surface area (Å²) < 4.78 is 39.6. The van der Waals surface area contributed by atoms with E-state index in [9.17, 15) is 13.6 Å². The van der Waals surface area contributed by atoms with Crippen molar-refractivity contribution in [2.24, 2.45) is 0 Å². The van der Waals surface area contributed by atoms with Crippen LogP contribution in [-0.2, 0) is 6.42 Å². The summed E-state index contributed by atoms with van der Waals surface area (Å²) in [7, 11) is 1.38. The molecule has 0 atom stereocenters. The zero-order valence-electron chi connectivity index (χ0n) is 14.6. The molecule has 0 heterocycles. The van der Waals surface area contributed by atoms with E-state index in [0.717, 1.165) is 5.56 Å². The summed E-state index contributed by atoms with van der Waals surface area (Å²) in [5, 5.41) is 2.82. The number of hydrogen-bond acceptors (Lipinski definition) is 4. The molecule has 0 aliphatic heterocycles. The van der Waals surface area contributed by atoms with E-state index in [0.29, 0.717) is 30.9 Å². The molecule has 5 nitrogen and oxygen atoms in total. The topological polar surface area (TPSA) is 56.8 Å². The standard InChI is InChI=1S/C19H21F2NO4/c1-3-25-15-7-5-4-6-14(15)18(23)22-11-10-13-8-9-16(26-19(20)21)17(12-13)24-2/h4-9,12,19H,3,10-11H2,1-2H3,(H,22,23). The highest BCUT2D eigenvalue weighted by molar-refractivity contribution is 5.96.